The molecule has 134 valence electrons. The number of aromatic hydroxyl groups is 1. The predicted octanol–water partition coefficient (Wildman–Crippen LogP) is 3.66. The van der Waals surface area contributed by atoms with Gasteiger partial charge < -0.3 is 28.8 Å². The van der Waals surface area contributed by atoms with E-state index in [1.165, 1.54) is 7.11 Å². The Kier molecular flexibility index (Phi) is 4.53. The average Bonchev–Trinajstić information content (AvgIpc) is 2.95. The van der Waals surface area contributed by atoms with Gasteiger partial charge in [0.2, 0.25) is 5.75 Å². The lowest BCUT2D eigenvalue weighted by Crippen LogP contribution is -2.08. The van der Waals surface area contributed by atoms with E-state index in [4.69, 9.17) is 23.7 Å². The molecule has 0 aliphatic carbocycles. The van der Waals surface area contributed by atoms with Gasteiger partial charge in [-0.15, -0.1) is 0 Å². The Morgan fingerprint density at radius 2 is 1.44 bits per heavy atom. The zero-order chi connectivity index (χ0) is 18.1. The van der Waals surface area contributed by atoms with E-state index in [1.807, 2.05) is 18.2 Å². The van der Waals surface area contributed by atoms with Crippen LogP contribution in [0.3, 0.4) is 0 Å². The number of hydrogen-bond donors (Lipinski definition) is 1. The molecule has 2 aromatic carbocycles. The van der Waals surface area contributed by atoms with E-state index in [9.17, 15) is 5.11 Å². The van der Waals surface area contributed by atoms with Gasteiger partial charge in [0, 0.05) is 23.1 Å². The van der Waals surface area contributed by atoms with E-state index >= 15 is 0 Å². The second-order valence-electron chi connectivity index (χ2n) is 5.85. The van der Waals surface area contributed by atoms with Crippen molar-refractivity contribution in [1.82, 2.24) is 0 Å². The number of phenolic OH excluding ortho intramolecular Hbond substituents is 1. The van der Waals surface area contributed by atoms with Crippen LogP contribution in [0, 0.1) is 0 Å². The number of phenols is 1. The van der Waals surface area contributed by atoms with Crippen molar-refractivity contribution in [1.29, 1.82) is 0 Å². The summed E-state index contributed by atoms with van der Waals surface area (Å²) in [5.41, 5.74) is 1.88. The van der Waals surface area contributed by atoms with Crippen molar-refractivity contribution in [2.24, 2.45) is 0 Å². The molecule has 1 aliphatic heterocycles. The van der Waals surface area contributed by atoms with Gasteiger partial charge in [-0.1, -0.05) is 6.92 Å². The first-order valence-corrected chi connectivity index (χ1v) is 7.91. The van der Waals surface area contributed by atoms with Crippen LogP contribution in [0.1, 0.15) is 30.1 Å². The van der Waals surface area contributed by atoms with Crippen molar-refractivity contribution in [2.75, 3.05) is 28.4 Å². The predicted molar refractivity (Wildman–Crippen MR) is 92.5 cm³/mol. The van der Waals surface area contributed by atoms with E-state index in [0.29, 0.717) is 28.7 Å². The van der Waals surface area contributed by atoms with Crippen molar-refractivity contribution in [2.45, 2.75) is 18.9 Å². The molecule has 0 amide bonds. The summed E-state index contributed by atoms with van der Waals surface area (Å²) in [6.45, 7) is 2.07. The molecular weight excluding hydrogens is 324 g/mol. The largest absolute Gasteiger partial charge is 0.504 e. The van der Waals surface area contributed by atoms with Gasteiger partial charge in [-0.05, 0) is 18.2 Å². The van der Waals surface area contributed by atoms with Crippen LogP contribution in [-0.4, -0.2) is 33.5 Å². The third-order valence-corrected chi connectivity index (χ3v) is 4.53. The van der Waals surface area contributed by atoms with Crippen LogP contribution in [0.25, 0.3) is 0 Å². The first kappa shape index (κ1) is 17.1. The van der Waals surface area contributed by atoms with Crippen LogP contribution in [-0.2, 0) is 0 Å². The number of benzene rings is 2. The Labute approximate surface area is 146 Å². The standard InChI is InChI=1S/C19H22O6/c1-10-12-8-15(21-2)13(20)9-14(12)25-18(10)11-6-16(22-3)19(24-5)17(7-11)23-4/h6-10,18,20H,1-5H3. The quantitative estimate of drug-likeness (QED) is 0.891. The fourth-order valence-electron chi connectivity index (χ4n) is 3.21. The van der Waals surface area contributed by atoms with Gasteiger partial charge in [0.1, 0.15) is 11.9 Å². The molecule has 1 heterocycles. The summed E-state index contributed by atoms with van der Waals surface area (Å²) in [5, 5.41) is 9.99. The highest BCUT2D eigenvalue weighted by atomic mass is 16.5. The van der Waals surface area contributed by atoms with Gasteiger partial charge in [0.25, 0.3) is 0 Å². The minimum Gasteiger partial charge on any atom is -0.504 e. The summed E-state index contributed by atoms with van der Waals surface area (Å²) in [7, 11) is 6.26. The number of methoxy groups -OCH3 is 4. The van der Waals surface area contributed by atoms with Crippen LogP contribution in [0.4, 0.5) is 0 Å². The van der Waals surface area contributed by atoms with Gasteiger partial charge in [-0.2, -0.15) is 0 Å². The third-order valence-electron chi connectivity index (χ3n) is 4.53. The van der Waals surface area contributed by atoms with E-state index < -0.39 is 0 Å². The van der Waals surface area contributed by atoms with Gasteiger partial charge in [-0.25, -0.2) is 0 Å². The molecule has 1 aliphatic rings. The molecular formula is C19H22O6. The summed E-state index contributed by atoms with van der Waals surface area (Å²) in [6.07, 6.45) is -0.241. The van der Waals surface area contributed by atoms with Gasteiger partial charge >= 0.3 is 0 Å². The zero-order valence-electron chi connectivity index (χ0n) is 15.0. The maximum absolute atomic E-state index is 9.99. The number of hydrogen-bond acceptors (Lipinski definition) is 6. The van der Waals surface area contributed by atoms with Crippen molar-refractivity contribution in [3.63, 3.8) is 0 Å². The minimum absolute atomic E-state index is 0.0546. The van der Waals surface area contributed by atoms with Crippen LogP contribution in [0.5, 0.6) is 34.5 Å². The first-order chi connectivity index (χ1) is 12.0. The Morgan fingerprint density at radius 3 is 1.96 bits per heavy atom. The molecule has 0 saturated carbocycles. The van der Waals surface area contributed by atoms with Crippen LogP contribution in [0.2, 0.25) is 0 Å². The molecule has 0 spiro atoms. The molecule has 6 heteroatoms. The molecule has 25 heavy (non-hydrogen) atoms. The molecule has 6 nitrogen and oxygen atoms in total. The van der Waals surface area contributed by atoms with Crippen molar-refractivity contribution >= 4 is 0 Å². The normalized spacial score (nSPS) is 18.3. The summed E-state index contributed by atoms with van der Waals surface area (Å²) < 4.78 is 27.5. The molecule has 0 saturated heterocycles. The lowest BCUT2D eigenvalue weighted by Gasteiger charge is -2.19. The number of ether oxygens (including phenoxy) is 5. The SMILES string of the molecule is COc1cc2c(cc1O)OC(c1cc(OC)c(OC)c(OC)c1)C2C. The Bertz CT molecular complexity index is 761. The topological polar surface area (TPSA) is 66.4 Å². The molecule has 2 atom stereocenters. The number of fused-ring (bicyclic) bond motifs is 1. The second-order valence-corrected chi connectivity index (χ2v) is 5.85. The van der Waals surface area contributed by atoms with Gasteiger partial charge in [0.05, 0.1) is 28.4 Å². The molecule has 3 rings (SSSR count). The maximum atomic E-state index is 9.99. The van der Waals surface area contributed by atoms with E-state index in [1.54, 1.807) is 27.4 Å². The lowest BCUT2D eigenvalue weighted by molar-refractivity contribution is 0.213. The Hall–Kier alpha value is -2.76. The molecule has 0 radical (unpaired) electrons. The molecule has 0 aromatic heterocycles. The fourth-order valence-corrected chi connectivity index (χ4v) is 3.21. The molecule has 2 unspecified atom stereocenters. The highest BCUT2D eigenvalue weighted by Gasteiger charge is 2.34. The maximum Gasteiger partial charge on any atom is 0.203 e. The highest BCUT2D eigenvalue weighted by molar-refractivity contribution is 5.57. The summed E-state index contributed by atoms with van der Waals surface area (Å²) >= 11 is 0. The van der Waals surface area contributed by atoms with Crippen molar-refractivity contribution < 1.29 is 28.8 Å². The van der Waals surface area contributed by atoms with Crippen LogP contribution >= 0.6 is 0 Å². The Morgan fingerprint density at radius 1 is 0.840 bits per heavy atom. The van der Waals surface area contributed by atoms with Gasteiger partial charge in [0.15, 0.2) is 23.0 Å². The van der Waals surface area contributed by atoms with E-state index in [2.05, 4.69) is 6.92 Å². The second kappa shape index (κ2) is 6.63. The van der Waals surface area contributed by atoms with Crippen LogP contribution < -0.4 is 23.7 Å². The Balaban J connectivity index is 2.03. The lowest BCUT2D eigenvalue weighted by atomic mass is 9.92. The number of rotatable bonds is 5. The monoisotopic (exact) mass is 346 g/mol. The molecule has 1 N–H and O–H groups in total. The zero-order valence-corrected chi connectivity index (χ0v) is 15.0. The van der Waals surface area contributed by atoms with Gasteiger partial charge in [-0.3, -0.25) is 0 Å². The van der Waals surface area contributed by atoms with E-state index in [0.717, 1.165) is 11.1 Å². The highest BCUT2D eigenvalue weighted by Crippen LogP contribution is 2.51. The first-order valence-electron chi connectivity index (χ1n) is 7.91. The summed E-state index contributed by atoms with van der Waals surface area (Å²) in [4.78, 5) is 0. The third kappa shape index (κ3) is 2.77. The minimum atomic E-state index is -0.241. The fraction of sp³-hybridized carbons (Fsp3) is 0.368. The van der Waals surface area contributed by atoms with Crippen molar-refractivity contribution in [3.8, 4) is 34.5 Å². The molecule has 0 bridgehead atoms. The summed E-state index contributed by atoms with van der Waals surface area (Å²) in [5.74, 6) is 2.87. The molecule has 0 fully saturated rings. The summed E-state index contributed by atoms with van der Waals surface area (Å²) in [6, 6.07) is 7.16. The smallest absolute Gasteiger partial charge is 0.203 e. The average molecular weight is 346 g/mol. The van der Waals surface area contributed by atoms with E-state index in [-0.39, 0.29) is 17.8 Å². The van der Waals surface area contributed by atoms with Crippen LogP contribution in [0.15, 0.2) is 24.3 Å². The van der Waals surface area contributed by atoms with Crippen molar-refractivity contribution in [3.05, 3.63) is 35.4 Å². The molecule has 2 aromatic rings.